The van der Waals surface area contributed by atoms with Gasteiger partial charge in [0.25, 0.3) is 0 Å². The van der Waals surface area contributed by atoms with Crippen LogP contribution in [0.5, 0.6) is 0 Å². The number of carbonyl (C=O) groups excluding carboxylic acids is 1. The molecule has 4 aromatic rings. The van der Waals surface area contributed by atoms with Crippen LogP contribution in [-0.4, -0.2) is 42.8 Å². The van der Waals surface area contributed by atoms with Gasteiger partial charge in [0.15, 0.2) is 5.82 Å². The second-order valence-electron chi connectivity index (χ2n) is 10.0. The molecule has 1 fully saturated rings. The number of hydrogen-bond donors (Lipinski definition) is 2. The molecule has 186 valence electrons. The van der Waals surface area contributed by atoms with Gasteiger partial charge in [-0.25, -0.2) is 9.48 Å². The minimum absolute atomic E-state index is 0.0204. The Morgan fingerprint density at radius 3 is 2.47 bits per heavy atom. The molecule has 3 heterocycles. The summed E-state index contributed by atoms with van der Waals surface area (Å²) in [5.41, 5.74) is 4.51. The number of carbonyl (C=O) groups is 2. The van der Waals surface area contributed by atoms with Crippen molar-refractivity contribution in [1.82, 2.24) is 19.7 Å². The van der Waals surface area contributed by atoms with E-state index in [-0.39, 0.29) is 29.2 Å². The number of amides is 1. The van der Waals surface area contributed by atoms with Crippen molar-refractivity contribution in [2.75, 3.05) is 4.90 Å². The van der Waals surface area contributed by atoms with Gasteiger partial charge in [-0.1, -0.05) is 19.1 Å². The standard InChI is InChI=1S/C28H31N5O3/c1-17(2)33(27(34)20-8-6-18(3)7-9-20)26-22(28(35)36)16-32(31-26)21-12-10-19(11-13-21)24-15-25-23(30-24)5-4-14-29-25/h4-5,10-18,20,30H,6-9H2,1-3H3,(H,35,36). The number of H-pyrrole nitrogens is 1. The summed E-state index contributed by atoms with van der Waals surface area (Å²) in [6.07, 6.45) is 6.94. The zero-order valence-corrected chi connectivity index (χ0v) is 20.8. The Morgan fingerprint density at radius 2 is 1.83 bits per heavy atom. The molecule has 8 heteroatoms. The Bertz CT molecular complexity index is 1360. The molecule has 3 aromatic heterocycles. The van der Waals surface area contributed by atoms with Crippen LogP contribution < -0.4 is 4.90 Å². The second kappa shape index (κ2) is 9.60. The number of aromatic nitrogens is 4. The lowest BCUT2D eigenvalue weighted by Crippen LogP contribution is -2.43. The number of anilines is 1. The molecule has 0 unspecified atom stereocenters. The maximum absolute atomic E-state index is 13.5. The van der Waals surface area contributed by atoms with Crippen LogP contribution in [-0.2, 0) is 4.79 Å². The molecular weight excluding hydrogens is 454 g/mol. The summed E-state index contributed by atoms with van der Waals surface area (Å²) in [6, 6.07) is 13.3. The summed E-state index contributed by atoms with van der Waals surface area (Å²) >= 11 is 0. The number of carboxylic acid groups (broad SMARTS) is 1. The zero-order valence-electron chi connectivity index (χ0n) is 20.8. The fraction of sp³-hybridized carbons (Fsp3) is 0.357. The van der Waals surface area contributed by atoms with E-state index in [1.807, 2.05) is 56.3 Å². The maximum Gasteiger partial charge on any atom is 0.341 e. The Kier molecular flexibility index (Phi) is 6.35. The summed E-state index contributed by atoms with van der Waals surface area (Å²) in [5.74, 6) is -0.409. The summed E-state index contributed by atoms with van der Waals surface area (Å²) in [6.45, 7) is 6.02. The Morgan fingerprint density at radius 1 is 1.11 bits per heavy atom. The smallest absolute Gasteiger partial charge is 0.341 e. The molecule has 1 saturated carbocycles. The molecule has 1 aliphatic rings. The fourth-order valence-corrected chi connectivity index (χ4v) is 5.04. The third-order valence-electron chi connectivity index (χ3n) is 7.10. The first-order valence-electron chi connectivity index (χ1n) is 12.5. The van der Waals surface area contributed by atoms with E-state index in [2.05, 4.69) is 22.0 Å². The van der Waals surface area contributed by atoms with Gasteiger partial charge >= 0.3 is 5.97 Å². The van der Waals surface area contributed by atoms with Crippen molar-refractivity contribution in [3.05, 3.63) is 60.4 Å². The molecule has 1 aliphatic carbocycles. The van der Waals surface area contributed by atoms with Crippen LogP contribution in [0.25, 0.3) is 28.0 Å². The van der Waals surface area contributed by atoms with Crippen LogP contribution in [0.1, 0.15) is 56.8 Å². The lowest BCUT2D eigenvalue weighted by molar-refractivity contribution is -0.124. The molecule has 0 atom stereocenters. The molecule has 5 rings (SSSR count). The highest BCUT2D eigenvalue weighted by Gasteiger charge is 2.34. The molecule has 1 aromatic carbocycles. The van der Waals surface area contributed by atoms with Crippen LogP contribution >= 0.6 is 0 Å². The quantitative estimate of drug-likeness (QED) is 0.366. The van der Waals surface area contributed by atoms with Crippen molar-refractivity contribution in [3.8, 4) is 16.9 Å². The number of aromatic carboxylic acids is 1. The number of hydrogen-bond acceptors (Lipinski definition) is 4. The molecule has 8 nitrogen and oxygen atoms in total. The van der Waals surface area contributed by atoms with Crippen molar-refractivity contribution in [2.45, 2.75) is 52.5 Å². The number of carboxylic acids is 1. The normalized spacial score (nSPS) is 18.0. The van der Waals surface area contributed by atoms with Gasteiger partial charge in [-0.15, -0.1) is 5.10 Å². The number of benzene rings is 1. The average Bonchev–Trinajstić information content (AvgIpc) is 3.49. The van der Waals surface area contributed by atoms with Gasteiger partial charge in [-0.05, 0) is 81.3 Å². The third-order valence-corrected chi connectivity index (χ3v) is 7.10. The van der Waals surface area contributed by atoms with E-state index in [1.54, 1.807) is 15.8 Å². The number of nitrogens with one attached hydrogen (secondary N) is 1. The Hall–Kier alpha value is -3.94. The minimum Gasteiger partial charge on any atom is -0.477 e. The van der Waals surface area contributed by atoms with Crippen LogP contribution in [0, 0.1) is 11.8 Å². The van der Waals surface area contributed by atoms with E-state index in [0.29, 0.717) is 11.6 Å². The molecule has 0 saturated heterocycles. The van der Waals surface area contributed by atoms with E-state index in [0.717, 1.165) is 48.0 Å². The van der Waals surface area contributed by atoms with Crippen molar-refractivity contribution >= 4 is 28.7 Å². The van der Waals surface area contributed by atoms with Crippen molar-refractivity contribution in [2.24, 2.45) is 11.8 Å². The van der Waals surface area contributed by atoms with Gasteiger partial charge in [0.2, 0.25) is 5.91 Å². The Balaban J connectivity index is 1.46. The molecule has 0 aliphatic heterocycles. The van der Waals surface area contributed by atoms with Gasteiger partial charge in [0.1, 0.15) is 5.56 Å². The van der Waals surface area contributed by atoms with E-state index < -0.39 is 5.97 Å². The third kappa shape index (κ3) is 4.51. The first-order chi connectivity index (χ1) is 17.3. The van der Waals surface area contributed by atoms with E-state index in [1.165, 1.54) is 6.20 Å². The number of fused-ring (bicyclic) bond motifs is 1. The van der Waals surface area contributed by atoms with Crippen molar-refractivity contribution in [3.63, 3.8) is 0 Å². The number of aromatic amines is 1. The lowest BCUT2D eigenvalue weighted by Gasteiger charge is -2.32. The summed E-state index contributed by atoms with van der Waals surface area (Å²) in [5, 5.41) is 14.6. The molecule has 1 amide bonds. The molecule has 0 radical (unpaired) electrons. The summed E-state index contributed by atoms with van der Waals surface area (Å²) in [4.78, 5) is 35.0. The Labute approximate surface area is 210 Å². The predicted octanol–water partition coefficient (Wildman–Crippen LogP) is 5.68. The van der Waals surface area contributed by atoms with Crippen LogP contribution in [0.3, 0.4) is 0 Å². The van der Waals surface area contributed by atoms with E-state index in [9.17, 15) is 14.7 Å². The molecule has 36 heavy (non-hydrogen) atoms. The zero-order chi connectivity index (χ0) is 25.4. The van der Waals surface area contributed by atoms with Crippen molar-refractivity contribution < 1.29 is 14.7 Å². The van der Waals surface area contributed by atoms with Gasteiger partial charge in [-0.2, -0.15) is 0 Å². The number of nitrogens with zero attached hydrogens (tertiary/aromatic N) is 4. The van der Waals surface area contributed by atoms with E-state index >= 15 is 0 Å². The highest BCUT2D eigenvalue weighted by atomic mass is 16.4. The average molecular weight is 486 g/mol. The van der Waals surface area contributed by atoms with Crippen molar-refractivity contribution in [1.29, 1.82) is 0 Å². The van der Waals surface area contributed by atoms with Gasteiger partial charge in [0.05, 0.1) is 16.7 Å². The first kappa shape index (κ1) is 23.8. The topological polar surface area (TPSA) is 104 Å². The number of rotatable bonds is 6. The number of pyridine rings is 1. The molecule has 2 N–H and O–H groups in total. The largest absolute Gasteiger partial charge is 0.477 e. The van der Waals surface area contributed by atoms with Crippen LogP contribution in [0.4, 0.5) is 5.82 Å². The summed E-state index contributed by atoms with van der Waals surface area (Å²) in [7, 11) is 0. The lowest BCUT2D eigenvalue weighted by atomic mass is 9.82. The second-order valence-corrected chi connectivity index (χ2v) is 10.0. The maximum atomic E-state index is 13.5. The minimum atomic E-state index is -1.10. The summed E-state index contributed by atoms with van der Waals surface area (Å²) < 4.78 is 1.54. The molecule has 0 bridgehead atoms. The highest BCUT2D eigenvalue weighted by molar-refractivity contribution is 6.01. The van der Waals surface area contributed by atoms with Gasteiger partial charge in [0, 0.05) is 30.0 Å². The first-order valence-corrected chi connectivity index (χ1v) is 12.5. The van der Waals surface area contributed by atoms with Crippen LogP contribution in [0.2, 0.25) is 0 Å². The fourth-order valence-electron chi connectivity index (χ4n) is 5.04. The highest BCUT2D eigenvalue weighted by Crippen LogP contribution is 2.33. The van der Waals surface area contributed by atoms with E-state index in [4.69, 9.17) is 0 Å². The van der Waals surface area contributed by atoms with Gasteiger partial charge in [-0.3, -0.25) is 14.7 Å². The van der Waals surface area contributed by atoms with Gasteiger partial charge < -0.3 is 10.1 Å². The van der Waals surface area contributed by atoms with Crippen LogP contribution in [0.15, 0.2) is 54.9 Å². The molecule has 0 spiro atoms. The predicted molar refractivity (Wildman–Crippen MR) is 139 cm³/mol. The monoisotopic (exact) mass is 485 g/mol. The SMILES string of the molecule is CC1CCC(C(=O)N(c2nn(-c3ccc(-c4cc5ncccc5[nH]4)cc3)cc2C(=O)O)C(C)C)CC1. The molecular formula is C28H31N5O3.